The van der Waals surface area contributed by atoms with E-state index in [1.54, 1.807) is 0 Å². The molecule has 2 nitrogen and oxygen atoms in total. The zero-order valence-corrected chi connectivity index (χ0v) is 12.8. The standard InChI is InChI=1S/C9H20O.C7H16O/c1-2-3-4-5-6-7-8-9-10;1-2-3-4-5-6-7-8/h10H,2-9H2,1H3;8H,2-7H2,1H3. The van der Waals surface area contributed by atoms with Gasteiger partial charge in [-0.15, -0.1) is 0 Å². The Labute approximate surface area is 115 Å². The molecule has 0 saturated carbocycles. The van der Waals surface area contributed by atoms with Crippen molar-refractivity contribution in [3.63, 3.8) is 0 Å². The lowest BCUT2D eigenvalue weighted by Crippen LogP contribution is -1.83. The fourth-order valence-corrected chi connectivity index (χ4v) is 1.78. The Morgan fingerprint density at radius 1 is 0.444 bits per heavy atom. The molecule has 0 heterocycles. The van der Waals surface area contributed by atoms with Crippen molar-refractivity contribution in [2.75, 3.05) is 13.2 Å². The SMILES string of the molecule is CCCCCCCCCO.CCCCCCCO. The molecular weight excluding hydrogens is 224 g/mol. The second-order valence-corrected chi connectivity index (χ2v) is 4.98. The van der Waals surface area contributed by atoms with Gasteiger partial charge in [0.25, 0.3) is 0 Å². The average Bonchev–Trinajstić information content (AvgIpc) is 2.40. The highest BCUT2D eigenvalue weighted by Gasteiger charge is 1.88. The monoisotopic (exact) mass is 260 g/mol. The lowest BCUT2D eigenvalue weighted by atomic mass is 10.1. The maximum atomic E-state index is 8.47. The van der Waals surface area contributed by atoms with Crippen molar-refractivity contribution in [3.8, 4) is 0 Å². The van der Waals surface area contributed by atoms with Crippen molar-refractivity contribution in [1.82, 2.24) is 0 Å². The molecule has 0 rings (SSSR count). The van der Waals surface area contributed by atoms with E-state index in [1.165, 1.54) is 64.2 Å². The smallest absolute Gasteiger partial charge is 0.0431 e. The molecule has 0 radical (unpaired) electrons. The molecule has 0 aromatic carbocycles. The minimum Gasteiger partial charge on any atom is -0.396 e. The molecule has 0 spiro atoms. The number of unbranched alkanes of at least 4 members (excludes halogenated alkanes) is 10. The van der Waals surface area contributed by atoms with Gasteiger partial charge >= 0.3 is 0 Å². The van der Waals surface area contributed by atoms with Crippen LogP contribution in [0.4, 0.5) is 0 Å². The molecule has 0 aromatic heterocycles. The van der Waals surface area contributed by atoms with Crippen LogP contribution in [0.15, 0.2) is 0 Å². The minimum atomic E-state index is 0.365. The fraction of sp³-hybridized carbons (Fsp3) is 1.00. The summed E-state index contributed by atoms with van der Waals surface area (Å²) in [7, 11) is 0. The number of hydrogen-bond acceptors (Lipinski definition) is 2. The molecule has 0 amide bonds. The van der Waals surface area contributed by atoms with Crippen LogP contribution >= 0.6 is 0 Å². The van der Waals surface area contributed by atoms with Crippen LogP contribution in [0.25, 0.3) is 0 Å². The van der Waals surface area contributed by atoms with E-state index in [0.29, 0.717) is 13.2 Å². The molecule has 0 aliphatic heterocycles. The largest absolute Gasteiger partial charge is 0.396 e. The first-order valence-electron chi connectivity index (χ1n) is 8.05. The first-order chi connectivity index (χ1) is 8.83. The zero-order chi connectivity index (χ0) is 13.9. The Kier molecular flexibility index (Phi) is 24.9. The summed E-state index contributed by atoms with van der Waals surface area (Å²) in [5.41, 5.74) is 0. The van der Waals surface area contributed by atoms with Crippen molar-refractivity contribution in [2.24, 2.45) is 0 Å². The summed E-state index contributed by atoms with van der Waals surface area (Å²) in [5.74, 6) is 0. The van der Waals surface area contributed by atoms with Crippen LogP contribution in [0.2, 0.25) is 0 Å². The highest BCUT2D eigenvalue weighted by atomic mass is 16.3. The first kappa shape index (κ1) is 20.2. The molecule has 0 aliphatic rings. The molecule has 0 unspecified atom stereocenters. The molecule has 0 atom stereocenters. The summed E-state index contributed by atoms with van der Waals surface area (Å²) in [6.45, 7) is 5.16. The van der Waals surface area contributed by atoms with Gasteiger partial charge in [0.05, 0.1) is 0 Å². The van der Waals surface area contributed by atoms with Gasteiger partial charge in [0, 0.05) is 13.2 Å². The minimum absolute atomic E-state index is 0.365. The number of aliphatic hydroxyl groups excluding tert-OH is 2. The summed E-state index contributed by atoms with van der Waals surface area (Å²) in [4.78, 5) is 0. The quantitative estimate of drug-likeness (QED) is 0.500. The molecular formula is C16H36O2. The predicted molar refractivity (Wildman–Crippen MR) is 80.9 cm³/mol. The van der Waals surface area contributed by atoms with Gasteiger partial charge in [-0.2, -0.15) is 0 Å². The molecule has 0 fully saturated rings. The van der Waals surface area contributed by atoms with E-state index in [1.807, 2.05) is 0 Å². The molecule has 0 aromatic rings. The molecule has 0 saturated heterocycles. The van der Waals surface area contributed by atoms with Gasteiger partial charge in [0.1, 0.15) is 0 Å². The Balaban J connectivity index is 0. The third kappa shape index (κ3) is 24.9. The third-order valence-corrected chi connectivity index (χ3v) is 3.02. The van der Waals surface area contributed by atoms with E-state index >= 15 is 0 Å². The Morgan fingerprint density at radius 3 is 1.00 bits per heavy atom. The number of hydrogen-bond donors (Lipinski definition) is 2. The van der Waals surface area contributed by atoms with Crippen LogP contribution in [-0.4, -0.2) is 23.4 Å². The lowest BCUT2D eigenvalue weighted by molar-refractivity contribution is 0.282. The van der Waals surface area contributed by atoms with E-state index in [2.05, 4.69) is 13.8 Å². The topological polar surface area (TPSA) is 40.5 Å². The van der Waals surface area contributed by atoms with Crippen molar-refractivity contribution < 1.29 is 10.2 Å². The van der Waals surface area contributed by atoms with Crippen molar-refractivity contribution in [3.05, 3.63) is 0 Å². The molecule has 0 bridgehead atoms. The highest BCUT2D eigenvalue weighted by molar-refractivity contribution is 4.43. The Morgan fingerprint density at radius 2 is 0.722 bits per heavy atom. The summed E-state index contributed by atoms with van der Waals surface area (Å²) < 4.78 is 0. The van der Waals surface area contributed by atoms with Crippen molar-refractivity contribution >= 4 is 0 Å². The van der Waals surface area contributed by atoms with Crippen LogP contribution in [0.3, 0.4) is 0 Å². The molecule has 18 heavy (non-hydrogen) atoms. The van der Waals surface area contributed by atoms with E-state index < -0.39 is 0 Å². The van der Waals surface area contributed by atoms with Crippen LogP contribution in [0.5, 0.6) is 0 Å². The van der Waals surface area contributed by atoms with Gasteiger partial charge in [0.15, 0.2) is 0 Å². The summed E-state index contributed by atoms with van der Waals surface area (Å²) in [5, 5.41) is 16.8. The fourth-order valence-electron chi connectivity index (χ4n) is 1.78. The summed E-state index contributed by atoms with van der Waals surface area (Å²) >= 11 is 0. The maximum Gasteiger partial charge on any atom is 0.0431 e. The van der Waals surface area contributed by atoms with E-state index in [9.17, 15) is 0 Å². The van der Waals surface area contributed by atoms with Gasteiger partial charge in [0.2, 0.25) is 0 Å². The normalized spacial score (nSPS) is 10.0. The molecule has 112 valence electrons. The average molecular weight is 260 g/mol. The lowest BCUT2D eigenvalue weighted by Gasteiger charge is -1.97. The molecule has 0 aliphatic carbocycles. The van der Waals surface area contributed by atoms with E-state index in [0.717, 1.165) is 12.8 Å². The van der Waals surface area contributed by atoms with Gasteiger partial charge in [-0.1, -0.05) is 78.1 Å². The second kappa shape index (κ2) is 22.1. The highest BCUT2D eigenvalue weighted by Crippen LogP contribution is 2.05. The van der Waals surface area contributed by atoms with Crippen LogP contribution in [-0.2, 0) is 0 Å². The van der Waals surface area contributed by atoms with Crippen LogP contribution in [0, 0.1) is 0 Å². The van der Waals surface area contributed by atoms with Gasteiger partial charge in [-0.25, -0.2) is 0 Å². The zero-order valence-electron chi connectivity index (χ0n) is 12.8. The number of aliphatic hydroxyl groups is 2. The Hall–Kier alpha value is -0.0800. The number of rotatable bonds is 12. The van der Waals surface area contributed by atoms with E-state index in [4.69, 9.17) is 10.2 Å². The van der Waals surface area contributed by atoms with Gasteiger partial charge in [-0.05, 0) is 12.8 Å². The summed E-state index contributed by atoms with van der Waals surface area (Å²) in [6, 6.07) is 0. The predicted octanol–water partition coefficient (Wildman–Crippen LogP) is 4.68. The van der Waals surface area contributed by atoms with E-state index in [-0.39, 0.29) is 0 Å². The van der Waals surface area contributed by atoms with Crippen LogP contribution in [0.1, 0.15) is 90.9 Å². The Bertz CT molecular complexity index is 102. The molecule has 2 N–H and O–H groups in total. The van der Waals surface area contributed by atoms with Crippen molar-refractivity contribution in [2.45, 2.75) is 90.9 Å². The second-order valence-electron chi connectivity index (χ2n) is 4.98. The third-order valence-electron chi connectivity index (χ3n) is 3.02. The van der Waals surface area contributed by atoms with Crippen LogP contribution < -0.4 is 0 Å². The first-order valence-corrected chi connectivity index (χ1v) is 8.05. The molecule has 2 heteroatoms. The van der Waals surface area contributed by atoms with Gasteiger partial charge in [-0.3, -0.25) is 0 Å². The maximum absolute atomic E-state index is 8.47. The summed E-state index contributed by atoms with van der Waals surface area (Å²) in [6.07, 6.45) is 15.0. The van der Waals surface area contributed by atoms with Gasteiger partial charge < -0.3 is 10.2 Å². The van der Waals surface area contributed by atoms with Crippen molar-refractivity contribution in [1.29, 1.82) is 0 Å².